The van der Waals surface area contributed by atoms with Gasteiger partial charge in [-0.2, -0.15) is 13.2 Å². The summed E-state index contributed by atoms with van der Waals surface area (Å²) in [6, 6.07) is 2.81. The van der Waals surface area contributed by atoms with Gasteiger partial charge in [-0.25, -0.2) is 0 Å². The minimum absolute atomic E-state index is 0.472. The highest BCUT2D eigenvalue weighted by atomic mass is 32.1. The Morgan fingerprint density at radius 2 is 1.56 bits per heavy atom. The van der Waals surface area contributed by atoms with E-state index in [1.165, 1.54) is 38.2 Å². The molecule has 1 aromatic rings. The van der Waals surface area contributed by atoms with Crippen molar-refractivity contribution >= 4 is 11.3 Å². The summed E-state index contributed by atoms with van der Waals surface area (Å²) in [6.45, 7) is 2.19. The van der Waals surface area contributed by atoms with Crippen molar-refractivity contribution in [3.8, 4) is 0 Å². The predicted octanol–water partition coefficient (Wildman–Crippen LogP) is 6.06. The van der Waals surface area contributed by atoms with Crippen LogP contribution in [0.4, 0.5) is 13.2 Å². The monoisotopic (exact) mass is 278 g/mol. The molecule has 1 heterocycles. The Labute approximate surface area is 111 Å². The molecule has 0 nitrogen and oxygen atoms in total. The van der Waals surface area contributed by atoms with Gasteiger partial charge in [0.2, 0.25) is 0 Å². The maximum absolute atomic E-state index is 12.4. The summed E-state index contributed by atoms with van der Waals surface area (Å²) in [5.41, 5.74) is 0. The van der Waals surface area contributed by atoms with Gasteiger partial charge in [-0.05, 0) is 25.0 Å². The van der Waals surface area contributed by atoms with Crippen LogP contribution in [0.3, 0.4) is 0 Å². The van der Waals surface area contributed by atoms with Gasteiger partial charge < -0.3 is 0 Å². The van der Waals surface area contributed by atoms with Crippen LogP contribution in [0, 0.1) is 0 Å². The molecule has 0 radical (unpaired) electrons. The lowest BCUT2D eigenvalue weighted by Crippen LogP contribution is -2.00. The minimum atomic E-state index is -4.18. The zero-order valence-electron chi connectivity index (χ0n) is 10.9. The Hall–Kier alpha value is -0.510. The molecule has 104 valence electrons. The smallest absolute Gasteiger partial charge is 0.165 e. The average molecular weight is 278 g/mol. The fourth-order valence-electron chi connectivity index (χ4n) is 1.92. The van der Waals surface area contributed by atoms with Gasteiger partial charge in [0, 0.05) is 4.88 Å². The molecule has 0 spiro atoms. The summed E-state index contributed by atoms with van der Waals surface area (Å²) in [4.78, 5) is 0.385. The van der Waals surface area contributed by atoms with Gasteiger partial charge in [-0.15, -0.1) is 11.3 Å². The van der Waals surface area contributed by atoms with E-state index in [9.17, 15) is 13.2 Å². The van der Waals surface area contributed by atoms with Crippen LogP contribution in [0.1, 0.15) is 61.6 Å². The van der Waals surface area contributed by atoms with Crippen molar-refractivity contribution in [1.82, 2.24) is 0 Å². The molecule has 0 aliphatic heterocycles. The van der Waals surface area contributed by atoms with Crippen molar-refractivity contribution in [2.24, 2.45) is 0 Å². The van der Waals surface area contributed by atoms with E-state index in [2.05, 4.69) is 6.92 Å². The van der Waals surface area contributed by atoms with Crippen LogP contribution in [0.2, 0.25) is 0 Å². The average Bonchev–Trinajstić information content (AvgIpc) is 2.76. The zero-order valence-corrected chi connectivity index (χ0v) is 11.7. The first-order chi connectivity index (χ1) is 8.54. The fraction of sp³-hybridized carbons (Fsp3) is 0.714. The van der Waals surface area contributed by atoms with Crippen molar-refractivity contribution in [1.29, 1.82) is 0 Å². The third-order valence-electron chi connectivity index (χ3n) is 2.97. The Morgan fingerprint density at radius 3 is 2.11 bits per heavy atom. The van der Waals surface area contributed by atoms with Gasteiger partial charge in [0.05, 0.1) is 0 Å². The first-order valence-electron chi connectivity index (χ1n) is 6.70. The lowest BCUT2D eigenvalue weighted by atomic mass is 10.1. The van der Waals surface area contributed by atoms with E-state index < -0.39 is 11.1 Å². The summed E-state index contributed by atoms with van der Waals surface area (Å²) < 4.78 is 37.1. The second-order valence-corrected chi connectivity index (χ2v) is 5.80. The minimum Gasteiger partial charge on any atom is -0.165 e. The highest BCUT2D eigenvalue weighted by molar-refractivity contribution is 7.12. The second-order valence-electron chi connectivity index (χ2n) is 4.64. The molecule has 4 heteroatoms. The Kier molecular flexibility index (Phi) is 6.76. The van der Waals surface area contributed by atoms with E-state index in [0.29, 0.717) is 0 Å². The highest BCUT2D eigenvalue weighted by Gasteiger charge is 2.32. The number of hydrogen-bond acceptors (Lipinski definition) is 1. The quantitative estimate of drug-likeness (QED) is 0.507. The summed E-state index contributed by atoms with van der Waals surface area (Å²) in [5.74, 6) is 0. The van der Waals surface area contributed by atoms with Crippen LogP contribution in [0.25, 0.3) is 0 Å². The lowest BCUT2D eigenvalue weighted by Gasteiger charge is -2.01. The van der Waals surface area contributed by atoms with Crippen molar-refractivity contribution in [3.05, 3.63) is 21.9 Å². The van der Waals surface area contributed by atoms with Crippen molar-refractivity contribution in [2.75, 3.05) is 0 Å². The number of unbranched alkanes of at least 4 members (excludes halogenated alkanes) is 6. The molecule has 0 unspecified atom stereocenters. The lowest BCUT2D eigenvalue weighted by molar-refractivity contribution is -0.134. The van der Waals surface area contributed by atoms with E-state index in [4.69, 9.17) is 0 Å². The van der Waals surface area contributed by atoms with Crippen LogP contribution >= 0.6 is 11.3 Å². The van der Waals surface area contributed by atoms with E-state index in [-0.39, 0.29) is 0 Å². The molecule has 0 atom stereocenters. The Bertz CT molecular complexity index is 328. The summed E-state index contributed by atoms with van der Waals surface area (Å²) in [7, 11) is 0. The molecule has 0 fully saturated rings. The summed E-state index contributed by atoms with van der Waals surface area (Å²) in [5, 5.41) is 0. The zero-order chi connectivity index (χ0) is 13.4. The molecular weight excluding hydrogens is 257 g/mol. The fourth-order valence-corrected chi connectivity index (χ4v) is 2.84. The molecule has 0 saturated heterocycles. The van der Waals surface area contributed by atoms with Crippen LogP contribution in [-0.2, 0) is 12.6 Å². The van der Waals surface area contributed by atoms with Crippen LogP contribution < -0.4 is 0 Å². The maximum atomic E-state index is 12.4. The van der Waals surface area contributed by atoms with Crippen LogP contribution in [-0.4, -0.2) is 0 Å². The van der Waals surface area contributed by atoms with E-state index in [1.54, 1.807) is 6.07 Å². The Morgan fingerprint density at radius 1 is 0.944 bits per heavy atom. The van der Waals surface area contributed by atoms with Crippen molar-refractivity contribution in [3.63, 3.8) is 0 Å². The van der Waals surface area contributed by atoms with Gasteiger partial charge in [0.1, 0.15) is 4.88 Å². The number of alkyl halides is 3. The molecule has 1 aromatic heterocycles. The van der Waals surface area contributed by atoms with Gasteiger partial charge in [-0.1, -0.05) is 45.4 Å². The topological polar surface area (TPSA) is 0 Å². The highest BCUT2D eigenvalue weighted by Crippen LogP contribution is 2.35. The molecule has 0 saturated carbocycles. The molecule has 0 aliphatic rings. The molecular formula is C14H21F3S. The van der Waals surface area contributed by atoms with Gasteiger partial charge in [-0.3, -0.25) is 0 Å². The Balaban J connectivity index is 2.14. The van der Waals surface area contributed by atoms with Crippen LogP contribution in [0.15, 0.2) is 12.1 Å². The van der Waals surface area contributed by atoms with E-state index in [0.717, 1.165) is 35.5 Å². The van der Waals surface area contributed by atoms with Crippen LogP contribution in [0.5, 0.6) is 0 Å². The molecule has 0 N–H and O–H groups in total. The summed E-state index contributed by atoms with van der Waals surface area (Å²) in [6.07, 6.45) is 5.02. The number of halogens is 3. The van der Waals surface area contributed by atoms with E-state index in [1.807, 2.05) is 0 Å². The molecule has 0 amide bonds. The number of aryl methyl sites for hydroxylation is 1. The third kappa shape index (κ3) is 5.89. The standard InChI is InChI=1S/C14H21F3S/c1-2-3-4-5-6-7-8-9-12-10-11-13(18-12)14(15,16)17/h10-11H,2-9H2,1H3. The largest absolute Gasteiger partial charge is 0.425 e. The third-order valence-corrected chi connectivity index (χ3v) is 4.16. The summed E-state index contributed by atoms with van der Waals surface area (Å²) >= 11 is 0.887. The number of thiophene rings is 1. The first-order valence-corrected chi connectivity index (χ1v) is 7.51. The normalized spacial score (nSPS) is 12.0. The predicted molar refractivity (Wildman–Crippen MR) is 71.0 cm³/mol. The van der Waals surface area contributed by atoms with Gasteiger partial charge >= 0.3 is 6.18 Å². The van der Waals surface area contributed by atoms with Gasteiger partial charge in [0.15, 0.2) is 0 Å². The van der Waals surface area contributed by atoms with Crippen molar-refractivity contribution in [2.45, 2.75) is 64.5 Å². The van der Waals surface area contributed by atoms with E-state index >= 15 is 0 Å². The molecule has 1 rings (SSSR count). The maximum Gasteiger partial charge on any atom is 0.425 e. The second kappa shape index (κ2) is 7.82. The number of rotatable bonds is 8. The molecule has 0 bridgehead atoms. The SMILES string of the molecule is CCCCCCCCCc1ccc(C(F)(F)F)s1. The number of hydrogen-bond donors (Lipinski definition) is 0. The molecule has 0 aliphatic carbocycles. The molecule has 0 aromatic carbocycles. The first kappa shape index (κ1) is 15.5. The molecule has 18 heavy (non-hydrogen) atoms. The van der Waals surface area contributed by atoms with Gasteiger partial charge in [0.25, 0.3) is 0 Å². The van der Waals surface area contributed by atoms with Crippen molar-refractivity contribution < 1.29 is 13.2 Å².